The van der Waals surface area contributed by atoms with E-state index in [0.29, 0.717) is 22.6 Å². The predicted octanol–water partition coefficient (Wildman–Crippen LogP) is 3.74. The van der Waals surface area contributed by atoms with Crippen LogP contribution in [0.3, 0.4) is 0 Å². The highest BCUT2D eigenvalue weighted by Crippen LogP contribution is 2.22. The molecule has 0 spiro atoms. The van der Waals surface area contributed by atoms with Crippen molar-refractivity contribution in [3.63, 3.8) is 0 Å². The Morgan fingerprint density at radius 2 is 1.52 bits per heavy atom. The largest absolute Gasteiger partial charge is 0.365 e. The maximum Gasteiger partial charge on any atom is 0.323 e. The van der Waals surface area contributed by atoms with Gasteiger partial charge in [-0.1, -0.05) is 24.3 Å². The second-order valence-electron chi connectivity index (χ2n) is 5.51. The molecule has 136 valence electrons. The number of benzene rings is 2. The van der Waals surface area contributed by atoms with Crippen molar-refractivity contribution in [1.82, 2.24) is 0 Å². The molecule has 3 rings (SSSR count). The zero-order chi connectivity index (χ0) is 19.2. The number of carbonyl (C=O) groups is 3. The number of thiophene rings is 1. The lowest BCUT2D eigenvalue weighted by molar-refractivity contribution is 0.100. The van der Waals surface area contributed by atoms with Gasteiger partial charge in [-0.3, -0.25) is 9.59 Å². The molecule has 8 heteroatoms. The summed E-state index contributed by atoms with van der Waals surface area (Å²) in [4.78, 5) is 36.1. The third-order valence-corrected chi connectivity index (χ3v) is 4.48. The summed E-state index contributed by atoms with van der Waals surface area (Å²) in [5.41, 5.74) is 7.08. The third kappa shape index (κ3) is 4.71. The molecule has 0 unspecified atom stereocenters. The van der Waals surface area contributed by atoms with Gasteiger partial charge in [-0.2, -0.15) is 0 Å². The number of nitrogens with two attached hydrogens (primary N) is 1. The highest BCUT2D eigenvalue weighted by Gasteiger charge is 2.14. The number of primary amides is 1. The number of hydrogen-bond acceptors (Lipinski definition) is 4. The average molecular weight is 380 g/mol. The Morgan fingerprint density at radius 3 is 2.26 bits per heavy atom. The number of para-hydroxylation sites is 1. The molecule has 0 radical (unpaired) electrons. The van der Waals surface area contributed by atoms with E-state index in [1.54, 1.807) is 41.8 Å². The van der Waals surface area contributed by atoms with Crippen molar-refractivity contribution in [1.29, 1.82) is 0 Å². The van der Waals surface area contributed by atoms with Gasteiger partial charge in [-0.05, 0) is 41.8 Å². The monoisotopic (exact) mass is 380 g/mol. The van der Waals surface area contributed by atoms with Crippen molar-refractivity contribution in [2.75, 3.05) is 16.0 Å². The summed E-state index contributed by atoms with van der Waals surface area (Å²) in [6, 6.07) is 16.6. The molecule has 27 heavy (non-hydrogen) atoms. The summed E-state index contributed by atoms with van der Waals surface area (Å²) >= 11 is 1.15. The predicted molar refractivity (Wildman–Crippen MR) is 106 cm³/mol. The fourth-order valence-corrected chi connectivity index (χ4v) is 3.05. The van der Waals surface area contributed by atoms with Gasteiger partial charge in [0.2, 0.25) is 0 Å². The molecule has 7 nitrogen and oxygen atoms in total. The molecular weight excluding hydrogens is 364 g/mol. The van der Waals surface area contributed by atoms with Crippen molar-refractivity contribution >= 4 is 46.2 Å². The van der Waals surface area contributed by atoms with E-state index >= 15 is 0 Å². The smallest absolute Gasteiger partial charge is 0.323 e. The van der Waals surface area contributed by atoms with Crippen molar-refractivity contribution in [3.05, 3.63) is 76.5 Å². The molecule has 0 aliphatic carbocycles. The van der Waals surface area contributed by atoms with Crippen LogP contribution in [0.1, 0.15) is 20.0 Å². The lowest BCUT2D eigenvalue weighted by Crippen LogP contribution is -2.20. The minimum absolute atomic E-state index is 0.278. The van der Waals surface area contributed by atoms with Gasteiger partial charge < -0.3 is 21.7 Å². The van der Waals surface area contributed by atoms with Gasteiger partial charge in [-0.15, -0.1) is 11.3 Å². The van der Waals surface area contributed by atoms with Crippen LogP contribution >= 0.6 is 11.3 Å². The van der Waals surface area contributed by atoms with E-state index < -0.39 is 17.8 Å². The molecule has 0 saturated carbocycles. The highest BCUT2D eigenvalue weighted by atomic mass is 32.1. The van der Waals surface area contributed by atoms with Gasteiger partial charge >= 0.3 is 6.03 Å². The van der Waals surface area contributed by atoms with Gasteiger partial charge in [0.15, 0.2) is 0 Å². The standard InChI is InChI=1S/C19H16N4O3S/c20-17(24)16-15(9-10-27-16)23-18(25)12-5-4-8-14(11-12)22-19(26)21-13-6-2-1-3-7-13/h1-11H,(H2,20,24)(H,23,25)(H2,21,22,26). The van der Waals surface area contributed by atoms with Crippen LogP contribution in [-0.2, 0) is 0 Å². The molecule has 0 aliphatic rings. The normalized spacial score (nSPS) is 10.1. The van der Waals surface area contributed by atoms with Crippen LogP contribution in [0.4, 0.5) is 21.9 Å². The van der Waals surface area contributed by atoms with Gasteiger partial charge in [0.1, 0.15) is 4.88 Å². The first-order chi connectivity index (χ1) is 13.0. The van der Waals surface area contributed by atoms with E-state index in [-0.39, 0.29) is 4.88 Å². The lowest BCUT2D eigenvalue weighted by atomic mass is 10.2. The number of urea groups is 1. The van der Waals surface area contributed by atoms with Crippen LogP contribution in [0.2, 0.25) is 0 Å². The Bertz CT molecular complexity index is 985. The minimum Gasteiger partial charge on any atom is -0.365 e. The Kier molecular flexibility index (Phi) is 5.48. The maximum absolute atomic E-state index is 12.4. The van der Waals surface area contributed by atoms with Crippen molar-refractivity contribution < 1.29 is 14.4 Å². The zero-order valence-electron chi connectivity index (χ0n) is 14.1. The third-order valence-electron chi connectivity index (χ3n) is 3.55. The fourth-order valence-electron chi connectivity index (χ4n) is 2.35. The molecule has 0 fully saturated rings. The van der Waals surface area contributed by atoms with Crippen LogP contribution in [0.15, 0.2) is 66.0 Å². The molecule has 0 atom stereocenters. The van der Waals surface area contributed by atoms with Crippen molar-refractivity contribution in [2.24, 2.45) is 5.73 Å². The van der Waals surface area contributed by atoms with E-state index in [4.69, 9.17) is 5.73 Å². The van der Waals surface area contributed by atoms with Crippen molar-refractivity contribution in [3.8, 4) is 0 Å². The molecule has 2 aromatic carbocycles. The number of carbonyl (C=O) groups excluding carboxylic acids is 3. The Morgan fingerprint density at radius 1 is 0.815 bits per heavy atom. The fraction of sp³-hybridized carbons (Fsp3) is 0. The summed E-state index contributed by atoms with van der Waals surface area (Å²) < 4.78 is 0. The average Bonchev–Trinajstić information content (AvgIpc) is 3.11. The Hall–Kier alpha value is -3.65. The summed E-state index contributed by atoms with van der Waals surface area (Å²) in [7, 11) is 0. The molecule has 5 N–H and O–H groups in total. The second-order valence-corrected chi connectivity index (χ2v) is 6.42. The summed E-state index contributed by atoms with van der Waals surface area (Å²) in [6.07, 6.45) is 0. The number of hydrogen-bond donors (Lipinski definition) is 4. The number of nitrogens with one attached hydrogen (secondary N) is 3. The number of amides is 4. The highest BCUT2D eigenvalue weighted by molar-refractivity contribution is 7.12. The van der Waals surface area contributed by atoms with Gasteiger partial charge in [0, 0.05) is 16.9 Å². The van der Waals surface area contributed by atoms with E-state index in [1.165, 1.54) is 6.07 Å². The molecule has 4 amide bonds. The Balaban J connectivity index is 1.67. The van der Waals surface area contributed by atoms with Gasteiger partial charge in [0.25, 0.3) is 11.8 Å². The first kappa shape index (κ1) is 18.2. The number of anilines is 3. The molecule has 1 aromatic heterocycles. The summed E-state index contributed by atoms with van der Waals surface area (Å²) in [5, 5.41) is 9.69. The van der Waals surface area contributed by atoms with E-state index in [9.17, 15) is 14.4 Å². The molecule has 0 aliphatic heterocycles. The molecule has 0 bridgehead atoms. The summed E-state index contributed by atoms with van der Waals surface area (Å²) in [6.45, 7) is 0. The maximum atomic E-state index is 12.4. The summed E-state index contributed by atoms with van der Waals surface area (Å²) in [5.74, 6) is -1.02. The van der Waals surface area contributed by atoms with Crippen LogP contribution in [0.25, 0.3) is 0 Å². The van der Waals surface area contributed by atoms with E-state index in [2.05, 4.69) is 16.0 Å². The topological polar surface area (TPSA) is 113 Å². The molecule has 1 heterocycles. The molecular formula is C19H16N4O3S. The van der Waals surface area contributed by atoms with Gasteiger partial charge in [0.05, 0.1) is 5.69 Å². The van der Waals surface area contributed by atoms with Gasteiger partial charge in [-0.25, -0.2) is 4.79 Å². The van der Waals surface area contributed by atoms with Crippen LogP contribution < -0.4 is 21.7 Å². The van der Waals surface area contributed by atoms with E-state index in [0.717, 1.165) is 11.3 Å². The first-order valence-electron chi connectivity index (χ1n) is 7.94. The van der Waals surface area contributed by atoms with Crippen molar-refractivity contribution in [2.45, 2.75) is 0 Å². The molecule has 0 saturated heterocycles. The minimum atomic E-state index is -0.603. The zero-order valence-corrected chi connectivity index (χ0v) is 14.9. The number of rotatable bonds is 5. The Labute approximate surface area is 159 Å². The van der Waals surface area contributed by atoms with Crippen LogP contribution in [-0.4, -0.2) is 17.8 Å². The van der Waals surface area contributed by atoms with Crippen LogP contribution in [0.5, 0.6) is 0 Å². The van der Waals surface area contributed by atoms with Crippen LogP contribution in [0, 0.1) is 0 Å². The SMILES string of the molecule is NC(=O)c1sccc1NC(=O)c1cccc(NC(=O)Nc2ccccc2)c1. The van der Waals surface area contributed by atoms with E-state index in [1.807, 2.05) is 18.2 Å². The quantitative estimate of drug-likeness (QED) is 0.540. The second kappa shape index (κ2) is 8.15. The first-order valence-corrected chi connectivity index (χ1v) is 8.82. The molecule has 3 aromatic rings. The lowest BCUT2D eigenvalue weighted by Gasteiger charge is -2.09.